The zero-order valence-electron chi connectivity index (χ0n) is 13.8. The molecule has 1 fully saturated rings. The number of benzene rings is 1. The Bertz CT molecular complexity index is 559. The number of piperidine rings is 1. The van der Waals surface area contributed by atoms with E-state index in [-0.39, 0.29) is 24.9 Å². The molecule has 0 aliphatic carbocycles. The quantitative estimate of drug-likeness (QED) is 0.807. The largest absolute Gasteiger partial charge is 0.497 e. The third-order valence-electron chi connectivity index (χ3n) is 3.86. The van der Waals surface area contributed by atoms with E-state index in [0.29, 0.717) is 30.2 Å². The Morgan fingerprint density at radius 2 is 1.88 bits per heavy atom. The van der Waals surface area contributed by atoms with Crippen molar-refractivity contribution in [3.8, 4) is 11.5 Å². The molecule has 0 aromatic heterocycles. The molecule has 8 heteroatoms. The second-order valence-electron chi connectivity index (χ2n) is 5.56. The van der Waals surface area contributed by atoms with Crippen molar-refractivity contribution < 1.29 is 24.2 Å². The van der Waals surface area contributed by atoms with Crippen LogP contribution >= 0.6 is 12.4 Å². The number of hydrogen-bond donors (Lipinski definition) is 2. The van der Waals surface area contributed by atoms with Gasteiger partial charge in [-0.05, 0) is 19.4 Å². The number of methoxy groups -OCH3 is 2. The summed E-state index contributed by atoms with van der Waals surface area (Å²) in [5, 5.41) is 11.9. The molecule has 1 aliphatic heterocycles. The van der Waals surface area contributed by atoms with Gasteiger partial charge in [0.2, 0.25) is 5.91 Å². The molecule has 1 atom stereocenters. The first-order chi connectivity index (χ1) is 11.0. The highest BCUT2D eigenvalue weighted by Gasteiger charge is 2.26. The van der Waals surface area contributed by atoms with E-state index in [9.17, 15) is 9.59 Å². The van der Waals surface area contributed by atoms with E-state index >= 15 is 0 Å². The van der Waals surface area contributed by atoms with E-state index in [2.05, 4.69) is 5.32 Å². The number of nitrogens with one attached hydrogen (secondary N) is 1. The number of hydrogen-bond acceptors (Lipinski definition) is 5. The highest BCUT2D eigenvalue weighted by molar-refractivity contribution is 5.92. The molecule has 0 radical (unpaired) electrons. The summed E-state index contributed by atoms with van der Waals surface area (Å²) in [4.78, 5) is 25.1. The standard InChI is InChI=1S/C16H22N2O5.ClH/c1-22-13-6-12(7-14(8-13)23-2)17-15(19)10-18-5-3-4-11(9-18)16(20)21;/h6-8,11H,3-5,9-10H2,1-2H3,(H,17,19)(H,20,21);1H. The van der Waals surface area contributed by atoms with E-state index < -0.39 is 11.9 Å². The maximum Gasteiger partial charge on any atom is 0.307 e. The highest BCUT2D eigenvalue weighted by atomic mass is 35.5. The van der Waals surface area contributed by atoms with Crippen LogP contribution in [0.25, 0.3) is 0 Å². The Morgan fingerprint density at radius 3 is 2.42 bits per heavy atom. The number of ether oxygens (including phenoxy) is 2. The Balaban J connectivity index is 0.00000288. The number of nitrogens with zero attached hydrogens (tertiary/aromatic N) is 1. The van der Waals surface area contributed by atoms with E-state index in [1.165, 1.54) is 0 Å². The highest BCUT2D eigenvalue weighted by Crippen LogP contribution is 2.25. The Hall–Kier alpha value is -1.99. The number of carbonyl (C=O) groups excluding carboxylic acids is 1. The maximum atomic E-state index is 12.2. The third-order valence-corrected chi connectivity index (χ3v) is 3.86. The van der Waals surface area contributed by atoms with Gasteiger partial charge in [0.25, 0.3) is 0 Å². The minimum absolute atomic E-state index is 0. The SMILES string of the molecule is COc1cc(NC(=O)CN2CCCC(C(=O)O)C2)cc(OC)c1.Cl. The predicted octanol–water partition coefficient (Wildman–Crippen LogP) is 1.86. The van der Waals surface area contributed by atoms with Crippen LogP contribution < -0.4 is 14.8 Å². The molecule has 1 aromatic rings. The van der Waals surface area contributed by atoms with E-state index in [4.69, 9.17) is 14.6 Å². The molecule has 24 heavy (non-hydrogen) atoms. The molecule has 1 aliphatic rings. The fourth-order valence-corrected chi connectivity index (χ4v) is 2.68. The van der Waals surface area contributed by atoms with Gasteiger partial charge in [-0.2, -0.15) is 0 Å². The number of carboxylic acid groups (broad SMARTS) is 1. The summed E-state index contributed by atoms with van der Waals surface area (Å²) in [5.41, 5.74) is 0.581. The Kier molecular flexibility index (Phi) is 7.81. The molecular weight excluding hydrogens is 336 g/mol. The van der Waals surface area contributed by atoms with Crippen molar-refractivity contribution in [2.45, 2.75) is 12.8 Å². The number of halogens is 1. The van der Waals surface area contributed by atoms with E-state index in [1.54, 1.807) is 32.4 Å². The maximum absolute atomic E-state index is 12.2. The van der Waals surface area contributed by atoms with Crippen molar-refractivity contribution in [3.63, 3.8) is 0 Å². The van der Waals surface area contributed by atoms with Crippen molar-refractivity contribution in [3.05, 3.63) is 18.2 Å². The van der Waals surface area contributed by atoms with Gasteiger partial charge < -0.3 is 19.9 Å². The van der Waals surface area contributed by atoms with Gasteiger partial charge in [0.15, 0.2) is 0 Å². The number of carbonyl (C=O) groups is 2. The molecule has 1 saturated heterocycles. The summed E-state index contributed by atoms with van der Waals surface area (Å²) in [5.74, 6) is -0.209. The minimum Gasteiger partial charge on any atom is -0.497 e. The number of likely N-dealkylation sites (tertiary alicyclic amines) is 1. The molecule has 134 valence electrons. The van der Waals surface area contributed by atoms with Gasteiger partial charge in [-0.25, -0.2) is 0 Å². The smallest absolute Gasteiger partial charge is 0.307 e. The Morgan fingerprint density at radius 1 is 1.25 bits per heavy atom. The summed E-state index contributed by atoms with van der Waals surface area (Å²) in [6.07, 6.45) is 1.46. The topological polar surface area (TPSA) is 88.1 Å². The molecule has 0 saturated carbocycles. The van der Waals surface area contributed by atoms with Crippen molar-refractivity contribution in [1.29, 1.82) is 0 Å². The monoisotopic (exact) mass is 358 g/mol. The first-order valence-electron chi connectivity index (χ1n) is 7.50. The third kappa shape index (κ3) is 5.58. The van der Waals surface area contributed by atoms with Gasteiger partial charge in [0.1, 0.15) is 11.5 Å². The molecule has 7 nitrogen and oxygen atoms in total. The first-order valence-corrected chi connectivity index (χ1v) is 7.50. The van der Waals surface area contributed by atoms with Crippen LogP contribution in [0.5, 0.6) is 11.5 Å². The summed E-state index contributed by atoms with van der Waals surface area (Å²) in [6, 6.07) is 5.13. The average Bonchev–Trinajstić information content (AvgIpc) is 2.54. The molecule has 1 aromatic carbocycles. The van der Waals surface area contributed by atoms with Gasteiger partial charge in [-0.3, -0.25) is 14.5 Å². The number of rotatable bonds is 6. The van der Waals surface area contributed by atoms with Crippen LogP contribution in [0.2, 0.25) is 0 Å². The van der Waals surface area contributed by atoms with Crippen LogP contribution in [0.3, 0.4) is 0 Å². The van der Waals surface area contributed by atoms with Crippen LogP contribution in [0.1, 0.15) is 12.8 Å². The van der Waals surface area contributed by atoms with Gasteiger partial charge >= 0.3 is 5.97 Å². The minimum atomic E-state index is -0.798. The second kappa shape index (κ2) is 9.34. The normalized spacial score (nSPS) is 17.5. The number of carboxylic acids is 1. The first kappa shape index (κ1) is 20.1. The Labute approximate surface area is 147 Å². The number of aliphatic carboxylic acids is 1. The van der Waals surface area contributed by atoms with Crippen molar-refractivity contribution in [2.75, 3.05) is 39.2 Å². The number of amides is 1. The van der Waals surface area contributed by atoms with Gasteiger partial charge in [0, 0.05) is 30.4 Å². The van der Waals surface area contributed by atoms with Crippen molar-refractivity contribution in [2.24, 2.45) is 5.92 Å². The fourth-order valence-electron chi connectivity index (χ4n) is 2.68. The lowest BCUT2D eigenvalue weighted by molar-refractivity contribution is -0.144. The lowest BCUT2D eigenvalue weighted by Crippen LogP contribution is -2.42. The molecule has 2 N–H and O–H groups in total. The fraction of sp³-hybridized carbons (Fsp3) is 0.500. The molecule has 1 unspecified atom stereocenters. The summed E-state index contributed by atoms with van der Waals surface area (Å²) < 4.78 is 10.3. The molecule has 0 bridgehead atoms. The van der Waals surface area contributed by atoms with E-state index in [0.717, 1.165) is 13.0 Å². The second-order valence-corrected chi connectivity index (χ2v) is 5.56. The summed E-state index contributed by atoms with van der Waals surface area (Å²) in [6.45, 7) is 1.31. The average molecular weight is 359 g/mol. The van der Waals surface area contributed by atoms with Crippen molar-refractivity contribution in [1.82, 2.24) is 4.90 Å². The van der Waals surface area contributed by atoms with Crippen LogP contribution in [0.15, 0.2) is 18.2 Å². The lowest BCUT2D eigenvalue weighted by Gasteiger charge is -2.29. The molecular formula is C16H23ClN2O5. The van der Waals surface area contributed by atoms with E-state index in [1.807, 2.05) is 4.90 Å². The zero-order valence-corrected chi connectivity index (χ0v) is 14.6. The van der Waals surface area contributed by atoms with Crippen LogP contribution in [-0.4, -0.2) is 55.7 Å². The molecule has 1 amide bonds. The predicted molar refractivity (Wildman–Crippen MR) is 92.2 cm³/mol. The summed E-state index contributed by atoms with van der Waals surface area (Å²) in [7, 11) is 3.08. The van der Waals surface area contributed by atoms with Gasteiger partial charge in [-0.1, -0.05) is 0 Å². The zero-order chi connectivity index (χ0) is 16.8. The molecule has 2 rings (SSSR count). The lowest BCUT2D eigenvalue weighted by atomic mass is 9.98. The van der Waals surface area contributed by atoms with Gasteiger partial charge in [0.05, 0.1) is 26.7 Å². The van der Waals surface area contributed by atoms with Gasteiger partial charge in [-0.15, -0.1) is 12.4 Å². The molecule has 0 spiro atoms. The van der Waals surface area contributed by atoms with Crippen molar-refractivity contribution >= 4 is 30.0 Å². The number of anilines is 1. The van der Waals surface area contributed by atoms with Crippen LogP contribution in [-0.2, 0) is 9.59 Å². The van der Waals surface area contributed by atoms with Crippen LogP contribution in [0.4, 0.5) is 5.69 Å². The van der Waals surface area contributed by atoms with Crippen LogP contribution in [0, 0.1) is 5.92 Å². The molecule has 1 heterocycles. The summed E-state index contributed by atoms with van der Waals surface area (Å²) >= 11 is 0.